The van der Waals surface area contributed by atoms with Crippen LogP contribution in [0.2, 0.25) is 0 Å². The summed E-state index contributed by atoms with van der Waals surface area (Å²) in [5, 5.41) is 9.96. The maximum absolute atomic E-state index is 11.3. The molecule has 0 saturated heterocycles. The molecule has 0 fully saturated rings. The predicted octanol–water partition coefficient (Wildman–Crippen LogP) is 0.0537. The van der Waals surface area contributed by atoms with Crippen molar-refractivity contribution >= 4 is 11.2 Å². The van der Waals surface area contributed by atoms with Gasteiger partial charge in [0.1, 0.15) is 5.52 Å². The Kier molecular flexibility index (Phi) is 3.97. The fourth-order valence-electron chi connectivity index (χ4n) is 1.80. The number of H-pyrrole nitrogens is 1. The third kappa shape index (κ3) is 2.73. The van der Waals surface area contributed by atoms with Crippen molar-refractivity contribution in [1.82, 2.24) is 29.5 Å². The van der Waals surface area contributed by atoms with Crippen LogP contribution in [0.25, 0.3) is 11.2 Å². The molecule has 0 aromatic carbocycles. The Morgan fingerprint density at radius 1 is 1.14 bits per heavy atom. The van der Waals surface area contributed by atoms with Crippen LogP contribution >= 0.6 is 0 Å². The number of pyridine rings is 1. The van der Waals surface area contributed by atoms with Crippen molar-refractivity contribution in [3.05, 3.63) is 50.4 Å². The van der Waals surface area contributed by atoms with Crippen molar-refractivity contribution < 1.29 is 0 Å². The van der Waals surface area contributed by atoms with E-state index in [1.54, 1.807) is 27.1 Å². The summed E-state index contributed by atoms with van der Waals surface area (Å²) in [6, 6.07) is 3.71. The quantitative estimate of drug-likeness (QED) is 0.630. The molecule has 0 saturated carbocycles. The van der Waals surface area contributed by atoms with Gasteiger partial charge in [-0.3, -0.25) is 14.5 Å². The van der Waals surface area contributed by atoms with Crippen LogP contribution in [0.1, 0.15) is 11.3 Å². The van der Waals surface area contributed by atoms with Crippen LogP contribution in [-0.2, 0) is 14.1 Å². The SMILES string of the molecule is Cc1c(C)n(C)c(=O)n(C)c1=O.c1cnc2nn[nH]c2c1. The Bertz CT molecular complexity index is 822. The Labute approximate surface area is 120 Å². The van der Waals surface area contributed by atoms with Gasteiger partial charge in [-0.1, -0.05) is 5.21 Å². The molecule has 0 amide bonds. The third-order valence-corrected chi connectivity index (χ3v) is 3.35. The summed E-state index contributed by atoms with van der Waals surface area (Å²) in [4.78, 5) is 26.5. The molecule has 21 heavy (non-hydrogen) atoms. The van der Waals surface area contributed by atoms with Crippen molar-refractivity contribution in [3.63, 3.8) is 0 Å². The summed E-state index contributed by atoms with van der Waals surface area (Å²) in [5.74, 6) is 0. The van der Waals surface area contributed by atoms with E-state index in [1.807, 2.05) is 12.1 Å². The van der Waals surface area contributed by atoms with Gasteiger partial charge < -0.3 is 4.57 Å². The van der Waals surface area contributed by atoms with Crippen molar-refractivity contribution in [2.75, 3.05) is 0 Å². The lowest BCUT2D eigenvalue weighted by Gasteiger charge is -2.07. The molecule has 3 aromatic heterocycles. The summed E-state index contributed by atoms with van der Waals surface area (Å²) in [6.45, 7) is 3.48. The molecule has 0 atom stereocenters. The lowest BCUT2D eigenvalue weighted by atomic mass is 10.2. The Morgan fingerprint density at radius 2 is 1.86 bits per heavy atom. The Morgan fingerprint density at radius 3 is 2.52 bits per heavy atom. The highest BCUT2D eigenvalue weighted by Crippen LogP contribution is 1.99. The van der Waals surface area contributed by atoms with Gasteiger partial charge in [-0.25, -0.2) is 9.78 Å². The first-order valence-corrected chi connectivity index (χ1v) is 6.28. The second-order valence-electron chi connectivity index (χ2n) is 4.60. The van der Waals surface area contributed by atoms with Gasteiger partial charge in [-0.2, -0.15) is 0 Å². The predicted molar refractivity (Wildman–Crippen MR) is 78.1 cm³/mol. The number of rotatable bonds is 0. The molecule has 0 unspecified atom stereocenters. The van der Waals surface area contributed by atoms with Crippen LogP contribution in [0.5, 0.6) is 0 Å². The van der Waals surface area contributed by atoms with Crippen LogP contribution in [0, 0.1) is 13.8 Å². The van der Waals surface area contributed by atoms with E-state index < -0.39 is 0 Å². The van der Waals surface area contributed by atoms with Gasteiger partial charge in [0.05, 0.1) is 0 Å². The van der Waals surface area contributed by atoms with Gasteiger partial charge in [0.2, 0.25) is 5.65 Å². The second kappa shape index (κ2) is 5.70. The van der Waals surface area contributed by atoms with Crippen LogP contribution in [0.3, 0.4) is 0 Å². The molecule has 0 radical (unpaired) electrons. The molecule has 1 N–H and O–H groups in total. The molecule has 8 nitrogen and oxygen atoms in total. The van der Waals surface area contributed by atoms with Gasteiger partial charge >= 0.3 is 5.69 Å². The van der Waals surface area contributed by atoms with Gasteiger partial charge in [0, 0.05) is 31.5 Å². The smallest absolute Gasteiger partial charge is 0.301 e. The molecule has 3 aromatic rings. The maximum atomic E-state index is 11.3. The lowest BCUT2D eigenvalue weighted by molar-refractivity contribution is 0.658. The number of hydrogen-bond acceptors (Lipinski definition) is 5. The molecule has 0 aliphatic carbocycles. The average Bonchev–Trinajstić information content (AvgIpc) is 2.98. The standard InChI is InChI=1S/C8H12N2O2.C5H4N4/c1-5-6(2)9(3)8(12)10(4)7(5)11;1-2-4-5(6-3-1)8-9-7-4/h1-4H3;1-3H,(H,6,7,8,9). The molecule has 3 rings (SSSR count). The topological polar surface area (TPSA) is 98.5 Å². The number of aromatic nitrogens is 6. The van der Waals surface area contributed by atoms with Crippen molar-refractivity contribution in [1.29, 1.82) is 0 Å². The summed E-state index contributed by atoms with van der Waals surface area (Å²) < 4.78 is 2.58. The first-order chi connectivity index (χ1) is 9.93. The third-order valence-electron chi connectivity index (χ3n) is 3.35. The summed E-state index contributed by atoms with van der Waals surface area (Å²) >= 11 is 0. The zero-order valence-electron chi connectivity index (χ0n) is 12.3. The zero-order valence-corrected chi connectivity index (χ0v) is 12.3. The monoisotopic (exact) mass is 288 g/mol. The summed E-state index contributed by atoms with van der Waals surface area (Å²) in [6.07, 6.45) is 1.69. The summed E-state index contributed by atoms with van der Waals surface area (Å²) in [7, 11) is 3.14. The maximum Gasteiger partial charge on any atom is 0.330 e. The largest absolute Gasteiger partial charge is 0.330 e. The van der Waals surface area contributed by atoms with Crippen LogP contribution in [-0.4, -0.2) is 29.5 Å². The van der Waals surface area contributed by atoms with Crippen LogP contribution in [0.15, 0.2) is 27.9 Å². The fraction of sp³-hybridized carbons (Fsp3) is 0.308. The minimum atomic E-state index is -0.275. The molecule has 3 heterocycles. The van der Waals surface area contributed by atoms with Gasteiger partial charge in [0.15, 0.2) is 0 Å². The van der Waals surface area contributed by atoms with E-state index in [0.717, 1.165) is 15.8 Å². The van der Waals surface area contributed by atoms with E-state index in [9.17, 15) is 9.59 Å². The first-order valence-electron chi connectivity index (χ1n) is 6.28. The highest BCUT2D eigenvalue weighted by Gasteiger charge is 2.06. The lowest BCUT2D eigenvalue weighted by Crippen LogP contribution is -2.39. The van der Waals surface area contributed by atoms with E-state index in [2.05, 4.69) is 20.4 Å². The number of nitrogens with one attached hydrogen (secondary N) is 1. The van der Waals surface area contributed by atoms with Crippen molar-refractivity contribution in [2.45, 2.75) is 13.8 Å². The minimum absolute atomic E-state index is 0.212. The van der Waals surface area contributed by atoms with Crippen LogP contribution < -0.4 is 11.2 Å². The average molecular weight is 288 g/mol. The van der Waals surface area contributed by atoms with Crippen molar-refractivity contribution in [3.8, 4) is 0 Å². The summed E-state index contributed by atoms with van der Waals surface area (Å²) in [5.41, 5.74) is 2.40. The molecule has 0 spiro atoms. The Balaban J connectivity index is 0.000000159. The molecular weight excluding hydrogens is 272 g/mol. The first kappa shape index (κ1) is 14.6. The minimum Gasteiger partial charge on any atom is -0.301 e. The number of nitrogens with zero attached hydrogens (tertiary/aromatic N) is 5. The Hall–Kier alpha value is -2.77. The molecule has 0 bridgehead atoms. The second-order valence-corrected chi connectivity index (χ2v) is 4.60. The highest BCUT2D eigenvalue weighted by atomic mass is 16.2. The van der Waals surface area contributed by atoms with Crippen LogP contribution in [0.4, 0.5) is 0 Å². The van der Waals surface area contributed by atoms with E-state index in [4.69, 9.17) is 0 Å². The van der Waals surface area contributed by atoms with E-state index in [1.165, 1.54) is 11.6 Å². The van der Waals surface area contributed by atoms with Crippen molar-refractivity contribution in [2.24, 2.45) is 14.1 Å². The van der Waals surface area contributed by atoms with Gasteiger partial charge in [-0.05, 0) is 26.0 Å². The number of fused-ring (bicyclic) bond motifs is 1. The number of hydrogen-bond donors (Lipinski definition) is 1. The molecule has 0 aliphatic heterocycles. The molecule has 110 valence electrons. The van der Waals surface area contributed by atoms with E-state index in [0.29, 0.717) is 11.2 Å². The zero-order chi connectivity index (χ0) is 15.6. The molecule has 0 aliphatic rings. The normalized spacial score (nSPS) is 10.3. The molecular formula is C13H16N6O2. The fourth-order valence-corrected chi connectivity index (χ4v) is 1.80. The van der Waals surface area contributed by atoms with Gasteiger partial charge in [-0.15, -0.1) is 5.10 Å². The number of aromatic amines is 1. The van der Waals surface area contributed by atoms with Gasteiger partial charge in [0.25, 0.3) is 5.56 Å². The highest BCUT2D eigenvalue weighted by molar-refractivity contribution is 5.67. The van der Waals surface area contributed by atoms with E-state index >= 15 is 0 Å². The van der Waals surface area contributed by atoms with E-state index in [-0.39, 0.29) is 11.2 Å². The molecule has 8 heteroatoms.